The predicted octanol–water partition coefficient (Wildman–Crippen LogP) is 2.47. The molecule has 1 unspecified atom stereocenters. The molecule has 0 bridgehead atoms. The lowest BCUT2D eigenvalue weighted by Gasteiger charge is -2.26. The molecule has 0 aliphatic heterocycles. The third-order valence-corrected chi connectivity index (χ3v) is 3.16. The van der Waals surface area contributed by atoms with Crippen molar-refractivity contribution in [3.8, 4) is 0 Å². The zero-order chi connectivity index (χ0) is 13.6. The summed E-state index contributed by atoms with van der Waals surface area (Å²) in [7, 11) is 0. The molecule has 100 valence electrons. The van der Waals surface area contributed by atoms with Gasteiger partial charge in [0.2, 0.25) is 5.91 Å². The molecule has 0 aliphatic rings. The lowest BCUT2D eigenvalue weighted by molar-refractivity contribution is -0.114. The van der Waals surface area contributed by atoms with Crippen LogP contribution in [0.25, 0.3) is 0 Å². The van der Waals surface area contributed by atoms with Gasteiger partial charge in [0.05, 0.1) is 6.61 Å². The normalized spacial score (nSPS) is 13.8. The van der Waals surface area contributed by atoms with Gasteiger partial charge in [-0.2, -0.15) is 0 Å². The van der Waals surface area contributed by atoms with Crippen LogP contribution in [0.4, 0.5) is 11.4 Å². The van der Waals surface area contributed by atoms with Gasteiger partial charge in [-0.15, -0.1) is 0 Å². The van der Waals surface area contributed by atoms with E-state index in [2.05, 4.69) is 17.6 Å². The van der Waals surface area contributed by atoms with Gasteiger partial charge in [-0.3, -0.25) is 4.79 Å². The Morgan fingerprint density at radius 2 is 1.83 bits per heavy atom. The molecular weight excluding hydrogens is 228 g/mol. The highest BCUT2D eigenvalue weighted by Crippen LogP contribution is 2.21. The average molecular weight is 250 g/mol. The highest BCUT2D eigenvalue weighted by molar-refractivity contribution is 5.88. The van der Waals surface area contributed by atoms with Crippen molar-refractivity contribution >= 4 is 17.3 Å². The minimum Gasteiger partial charge on any atom is -0.396 e. The van der Waals surface area contributed by atoms with Gasteiger partial charge in [-0.05, 0) is 30.7 Å². The number of benzene rings is 1. The number of nitrogens with one attached hydrogen (secondary N) is 2. The molecule has 4 nitrogen and oxygen atoms in total. The zero-order valence-corrected chi connectivity index (χ0v) is 11.3. The fourth-order valence-electron chi connectivity index (χ4n) is 1.48. The number of carbonyl (C=O) groups is 1. The number of hydrogen-bond acceptors (Lipinski definition) is 3. The topological polar surface area (TPSA) is 61.4 Å². The van der Waals surface area contributed by atoms with Crippen molar-refractivity contribution in [1.29, 1.82) is 0 Å². The standard InChI is InChI=1S/C14H22N2O2/c1-4-14(3,10-17)9-15-12-5-7-13(8-6-12)16-11(2)18/h5-8,15,17H,4,9-10H2,1-3H3,(H,16,18). The van der Waals surface area contributed by atoms with Gasteiger partial charge >= 0.3 is 0 Å². The summed E-state index contributed by atoms with van der Waals surface area (Å²) >= 11 is 0. The fraction of sp³-hybridized carbons (Fsp3) is 0.500. The van der Waals surface area contributed by atoms with E-state index in [-0.39, 0.29) is 17.9 Å². The first-order valence-electron chi connectivity index (χ1n) is 6.21. The number of amides is 1. The Morgan fingerprint density at radius 1 is 1.28 bits per heavy atom. The molecule has 0 aromatic heterocycles. The van der Waals surface area contributed by atoms with Gasteiger partial charge < -0.3 is 15.7 Å². The lowest BCUT2D eigenvalue weighted by atomic mass is 9.88. The van der Waals surface area contributed by atoms with Crippen molar-refractivity contribution in [1.82, 2.24) is 0 Å². The second-order valence-electron chi connectivity index (χ2n) is 4.93. The van der Waals surface area contributed by atoms with E-state index in [1.807, 2.05) is 31.2 Å². The Balaban J connectivity index is 2.56. The molecule has 0 saturated heterocycles. The molecule has 4 heteroatoms. The first kappa shape index (κ1) is 14.5. The fourth-order valence-corrected chi connectivity index (χ4v) is 1.48. The lowest BCUT2D eigenvalue weighted by Crippen LogP contribution is -2.29. The summed E-state index contributed by atoms with van der Waals surface area (Å²) in [5.74, 6) is -0.0745. The Bertz CT molecular complexity index is 383. The van der Waals surface area contributed by atoms with E-state index in [9.17, 15) is 9.90 Å². The summed E-state index contributed by atoms with van der Waals surface area (Å²) < 4.78 is 0. The van der Waals surface area contributed by atoms with Crippen LogP contribution in [0.3, 0.4) is 0 Å². The minimum atomic E-state index is -0.101. The molecule has 0 aliphatic carbocycles. The highest BCUT2D eigenvalue weighted by Gasteiger charge is 2.20. The SMILES string of the molecule is CCC(C)(CO)CNc1ccc(NC(C)=O)cc1. The molecule has 1 aromatic rings. The van der Waals surface area contributed by atoms with Gasteiger partial charge in [0.25, 0.3) is 0 Å². The number of rotatable bonds is 6. The van der Waals surface area contributed by atoms with Gasteiger partial charge in [-0.1, -0.05) is 13.8 Å². The molecule has 1 aromatic carbocycles. The number of anilines is 2. The predicted molar refractivity (Wildman–Crippen MR) is 74.7 cm³/mol. The molecule has 0 heterocycles. The molecule has 1 amide bonds. The largest absolute Gasteiger partial charge is 0.396 e. The van der Waals surface area contributed by atoms with Crippen LogP contribution in [0.15, 0.2) is 24.3 Å². The molecule has 0 fully saturated rings. The summed E-state index contributed by atoms with van der Waals surface area (Å²) in [6, 6.07) is 7.54. The van der Waals surface area contributed by atoms with E-state index in [1.165, 1.54) is 6.92 Å². The van der Waals surface area contributed by atoms with E-state index in [0.717, 1.165) is 24.3 Å². The van der Waals surface area contributed by atoms with Crippen molar-refractivity contribution in [2.75, 3.05) is 23.8 Å². The van der Waals surface area contributed by atoms with Gasteiger partial charge in [-0.25, -0.2) is 0 Å². The third kappa shape index (κ3) is 4.37. The van der Waals surface area contributed by atoms with E-state index in [4.69, 9.17) is 0 Å². The average Bonchev–Trinajstić information content (AvgIpc) is 2.37. The van der Waals surface area contributed by atoms with E-state index in [0.29, 0.717) is 0 Å². The van der Waals surface area contributed by atoms with Crippen LogP contribution < -0.4 is 10.6 Å². The van der Waals surface area contributed by atoms with Gasteiger partial charge in [0.1, 0.15) is 0 Å². The first-order chi connectivity index (χ1) is 8.49. The van der Waals surface area contributed by atoms with Crippen LogP contribution in [-0.2, 0) is 4.79 Å². The monoisotopic (exact) mass is 250 g/mol. The summed E-state index contributed by atoms with van der Waals surface area (Å²) in [5, 5.41) is 15.3. The minimum absolute atomic E-state index is 0.0745. The quantitative estimate of drug-likeness (QED) is 0.727. The summed E-state index contributed by atoms with van der Waals surface area (Å²) in [6.45, 7) is 6.49. The van der Waals surface area contributed by atoms with Crippen LogP contribution in [0, 0.1) is 5.41 Å². The smallest absolute Gasteiger partial charge is 0.221 e. The third-order valence-electron chi connectivity index (χ3n) is 3.16. The van der Waals surface area contributed by atoms with Crippen LogP contribution >= 0.6 is 0 Å². The highest BCUT2D eigenvalue weighted by atomic mass is 16.3. The number of hydrogen-bond donors (Lipinski definition) is 3. The van der Waals surface area contributed by atoms with Gasteiger partial charge in [0.15, 0.2) is 0 Å². The molecule has 1 atom stereocenters. The number of aliphatic hydroxyl groups excluding tert-OH is 1. The molecule has 0 saturated carbocycles. The second-order valence-corrected chi connectivity index (χ2v) is 4.93. The van der Waals surface area contributed by atoms with Crippen molar-refractivity contribution in [2.45, 2.75) is 27.2 Å². The van der Waals surface area contributed by atoms with Gasteiger partial charge in [0, 0.05) is 30.3 Å². The summed E-state index contributed by atoms with van der Waals surface area (Å²) in [6.07, 6.45) is 0.917. The van der Waals surface area contributed by atoms with E-state index >= 15 is 0 Å². The van der Waals surface area contributed by atoms with Crippen molar-refractivity contribution in [2.24, 2.45) is 5.41 Å². The summed E-state index contributed by atoms with van der Waals surface area (Å²) in [5.41, 5.74) is 1.67. The van der Waals surface area contributed by atoms with Crippen LogP contribution in [-0.4, -0.2) is 24.2 Å². The van der Waals surface area contributed by atoms with E-state index in [1.54, 1.807) is 0 Å². The van der Waals surface area contributed by atoms with Crippen molar-refractivity contribution in [3.05, 3.63) is 24.3 Å². The van der Waals surface area contributed by atoms with Crippen LogP contribution in [0.1, 0.15) is 27.2 Å². The molecule has 18 heavy (non-hydrogen) atoms. The second kappa shape index (κ2) is 6.40. The molecular formula is C14H22N2O2. The van der Waals surface area contributed by atoms with Crippen LogP contribution in [0.5, 0.6) is 0 Å². The van der Waals surface area contributed by atoms with E-state index < -0.39 is 0 Å². The Kier molecular flexibility index (Phi) is 5.16. The maximum Gasteiger partial charge on any atom is 0.221 e. The Hall–Kier alpha value is -1.55. The maximum atomic E-state index is 10.9. The Morgan fingerprint density at radius 3 is 2.28 bits per heavy atom. The summed E-state index contributed by atoms with van der Waals surface area (Å²) in [4.78, 5) is 10.9. The first-order valence-corrected chi connectivity index (χ1v) is 6.21. The molecule has 0 spiro atoms. The van der Waals surface area contributed by atoms with Crippen molar-refractivity contribution in [3.63, 3.8) is 0 Å². The van der Waals surface area contributed by atoms with Crippen molar-refractivity contribution < 1.29 is 9.90 Å². The maximum absolute atomic E-state index is 10.9. The number of carbonyl (C=O) groups excluding carboxylic acids is 1. The Labute approximate surface area is 108 Å². The van der Waals surface area contributed by atoms with Crippen LogP contribution in [0.2, 0.25) is 0 Å². The number of aliphatic hydroxyl groups is 1. The zero-order valence-electron chi connectivity index (χ0n) is 11.3. The molecule has 0 radical (unpaired) electrons. The molecule has 1 rings (SSSR count). The molecule has 3 N–H and O–H groups in total.